The van der Waals surface area contributed by atoms with Gasteiger partial charge in [0.1, 0.15) is 0 Å². The zero-order valence-electron chi connectivity index (χ0n) is 54.7. The number of benzene rings is 2. The predicted octanol–water partition coefficient (Wildman–Crippen LogP) is 27.5. The molecule has 0 aliphatic carbocycles. The molecule has 3 rings (SSSR count). The topological polar surface area (TPSA) is 25.3 Å². The summed E-state index contributed by atoms with van der Waals surface area (Å²) in [4.78, 5) is 0. The molecule has 0 unspecified atom stereocenters. The van der Waals surface area contributed by atoms with Gasteiger partial charge in [0, 0.05) is 22.8 Å². The Bertz CT molecular complexity index is 1780. The summed E-state index contributed by atoms with van der Waals surface area (Å²) < 4.78 is 1.55. The van der Waals surface area contributed by atoms with Gasteiger partial charge in [-0.3, -0.25) is 0 Å². The molecule has 1 heterocycles. The van der Waals surface area contributed by atoms with Gasteiger partial charge in [-0.2, -0.15) is 13.8 Å². The Hall–Kier alpha value is -2.51. The maximum Gasteiger partial charge on any atom is 2.00 e. The van der Waals surface area contributed by atoms with E-state index in [2.05, 4.69) is 114 Å². The maximum absolute atomic E-state index is 12.1. The fraction of sp³-hybridized carbons (Fsp3) is 0.718. The van der Waals surface area contributed by atoms with Gasteiger partial charge in [0.2, 0.25) is 11.4 Å². The van der Waals surface area contributed by atoms with E-state index in [9.17, 15) is 5.53 Å². The van der Waals surface area contributed by atoms with Crippen molar-refractivity contribution in [1.82, 2.24) is 0 Å². The number of unbranched alkanes of at least 4 members (excludes halogenated alkanes) is 43. The molecule has 0 bridgehead atoms. The number of allylic oxidation sites excluding steroid dienone is 6. The molecule has 0 spiro atoms. The molecule has 0 fully saturated rings. The van der Waals surface area contributed by atoms with Crippen LogP contribution in [0.5, 0.6) is 0 Å². The Kier molecular flexibility index (Phi) is 60.1. The molecular formula is C78H134N2Ni. The van der Waals surface area contributed by atoms with Crippen molar-refractivity contribution in [2.45, 2.75) is 362 Å². The average Bonchev–Trinajstić information content (AvgIpc) is 3.87. The molecule has 0 saturated heterocycles. The van der Waals surface area contributed by atoms with Crippen molar-refractivity contribution < 1.29 is 21.2 Å². The van der Waals surface area contributed by atoms with Crippen LogP contribution in [0.15, 0.2) is 84.5 Å². The second-order valence-electron chi connectivity index (χ2n) is 23.9. The molecule has 81 heavy (non-hydrogen) atoms. The average molecular weight is 1160 g/mol. The fourth-order valence-corrected chi connectivity index (χ4v) is 11.9. The van der Waals surface area contributed by atoms with E-state index >= 15 is 0 Å². The molecule has 466 valence electrons. The number of rotatable bonds is 55. The van der Waals surface area contributed by atoms with Crippen LogP contribution in [-0.4, -0.2) is 4.70 Å². The molecule has 0 radical (unpaired) electrons. The summed E-state index contributed by atoms with van der Waals surface area (Å²) >= 11 is 0. The Morgan fingerprint density at radius 1 is 0.321 bits per heavy atom. The molecular weight excluding hydrogens is 1020 g/mol. The monoisotopic (exact) mass is 1160 g/mol. The summed E-state index contributed by atoms with van der Waals surface area (Å²) in [6.07, 6.45) is 81.7. The van der Waals surface area contributed by atoms with Crippen LogP contribution in [0.4, 0.5) is 0 Å². The standard InChI is InChI=1S/C74H124N2.2C2H5.Ni/c1-4-7-10-12-14-16-18-20-22-24-26-28-30-32-34-36-38-40-42-44-46-48-50-52-54-61-68-63-56-58-65-71(68)73-67-70(60-9-6-3)74(76(73)75)72-66-59-57-64-69(72)62-55-53-51-49-47-45-43-41-39-37-35-33-31-29-27-25-23-21-19-17-15-13-11-8-5-2;2*1-2;/h48-51,56-59,63-67H,4-47,52-55,60-62H2,1-3H3;2*1H2,2H3;/q;2*-1;+2. The van der Waals surface area contributed by atoms with E-state index in [4.69, 9.17) is 0 Å². The second-order valence-corrected chi connectivity index (χ2v) is 23.9. The molecule has 0 saturated carbocycles. The second kappa shape index (κ2) is 62.0. The molecule has 3 heteroatoms. The number of aryl methyl sites for hydroxylation is 2. The van der Waals surface area contributed by atoms with E-state index < -0.39 is 0 Å². The van der Waals surface area contributed by atoms with Crippen LogP contribution >= 0.6 is 0 Å². The number of hydrogen-bond acceptors (Lipinski definition) is 0. The zero-order valence-corrected chi connectivity index (χ0v) is 55.7. The summed E-state index contributed by atoms with van der Waals surface area (Å²) in [6.45, 7) is 16.9. The van der Waals surface area contributed by atoms with Crippen molar-refractivity contribution >= 4 is 11.4 Å². The first-order valence-corrected chi connectivity index (χ1v) is 35.5. The van der Waals surface area contributed by atoms with Gasteiger partial charge in [0.25, 0.3) is 0 Å². The van der Waals surface area contributed by atoms with Gasteiger partial charge in [-0.05, 0) is 100 Å². The SMILES string of the molecule is CCCCCCCCCCCCCCCCCCCCCCC=CCCCc1ccccc1C1=CC(CCCC)=C(c2ccccc2CCCC=CCCCCCCCCCCCCCCCCCCCCCC)[N+]1=[N-].[CH2-]C.[CH2-]C.[Ni+2]. The molecule has 0 amide bonds. The maximum atomic E-state index is 12.1. The van der Waals surface area contributed by atoms with Crippen molar-refractivity contribution in [2.75, 3.05) is 0 Å². The molecule has 2 aromatic carbocycles. The third kappa shape index (κ3) is 42.9. The van der Waals surface area contributed by atoms with Crippen LogP contribution < -0.4 is 0 Å². The van der Waals surface area contributed by atoms with E-state index in [1.54, 1.807) is 18.5 Å². The van der Waals surface area contributed by atoms with Gasteiger partial charge < -0.3 is 19.4 Å². The first kappa shape index (κ1) is 78.5. The largest absolute Gasteiger partial charge is 2.00 e. The van der Waals surface area contributed by atoms with E-state index in [0.717, 1.165) is 69.2 Å². The summed E-state index contributed by atoms with van der Waals surface area (Å²) in [7, 11) is 0. The fourth-order valence-electron chi connectivity index (χ4n) is 11.9. The van der Waals surface area contributed by atoms with Crippen molar-refractivity contribution in [3.05, 3.63) is 126 Å². The van der Waals surface area contributed by atoms with Crippen LogP contribution in [-0.2, 0) is 29.3 Å². The summed E-state index contributed by atoms with van der Waals surface area (Å²) in [5.74, 6) is 0. The van der Waals surface area contributed by atoms with Crippen LogP contribution in [0.1, 0.15) is 371 Å². The van der Waals surface area contributed by atoms with Gasteiger partial charge in [-0.25, -0.2) is 4.70 Å². The minimum Gasteiger partial charge on any atom is -0.493 e. The summed E-state index contributed by atoms with van der Waals surface area (Å²) in [6, 6.07) is 17.7. The van der Waals surface area contributed by atoms with Crippen LogP contribution in [0, 0.1) is 13.8 Å². The van der Waals surface area contributed by atoms with Gasteiger partial charge in [-0.15, -0.1) is 0 Å². The molecule has 0 atom stereocenters. The van der Waals surface area contributed by atoms with E-state index in [-0.39, 0.29) is 16.5 Å². The van der Waals surface area contributed by atoms with Crippen molar-refractivity contribution in [2.24, 2.45) is 0 Å². The molecule has 0 N–H and O–H groups in total. The van der Waals surface area contributed by atoms with Gasteiger partial charge >= 0.3 is 16.5 Å². The quantitative estimate of drug-likeness (QED) is 0.0207. The van der Waals surface area contributed by atoms with Crippen molar-refractivity contribution in [3.63, 3.8) is 0 Å². The number of nitrogens with zero attached hydrogens (tertiary/aromatic N) is 2. The summed E-state index contributed by atoms with van der Waals surface area (Å²) in [5, 5.41) is 0. The predicted molar refractivity (Wildman–Crippen MR) is 362 cm³/mol. The zero-order chi connectivity index (χ0) is 57.9. The normalized spacial score (nSPS) is 12.3. The van der Waals surface area contributed by atoms with Gasteiger partial charge in [-0.1, -0.05) is 332 Å². The summed E-state index contributed by atoms with van der Waals surface area (Å²) in [5.41, 5.74) is 20.3. The van der Waals surface area contributed by atoms with E-state index in [1.165, 1.54) is 298 Å². The molecule has 2 aromatic rings. The first-order valence-electron chi connectivity index (χ1n) is 35.5. The first-order chi connectivity index (χ1) is 39.7. The molecule has 2 nitrogen and oxygen atoms in total. The molecule has 1 aliphatic heterocycles. The van der Waals surface area contributed by atoms with Crippen LogP contribution in [0.25, 0.3) is 16.9 Å². The smallest absolute Gasteiger partial charge is 0.493 e. The molecule has 0 aromatic heterocycles. The van der Waals surface area contributed by atoms with Crippen LogP contribution in [0.2, 0.25) is 0 Å². The van der Waals surface area contributed by atoms with Crippen LogP contribution in [0.3, 0.4) is 0 Å². The van der Waals surface area contributed by atoms with E-state index in [1.807, 2.05) is 0 Å². The van der Waals surface area contributed by atoms with Crippen molar-refractivity contribution in [1.29, 1.82) is 0 Å². The Morgan fingerprint density at radius 2 is 0.580 bits per heavy atom. The Balaban J connectivity index is 0.0000125. The van der Waals surface area contributed by atoms with Crippen molar-refractivity contribution in [3.8, 4) is 0 Å². The Morgan fingerprint density at radius 3 is 0.901 bits per heavy atom. The third-order valence-corrected chi connectivity index (χ3v) is 16.8. The minimum absolute atomic E-state index is 0. The third-order valence-electron chi connectivity index (χ3n) is 16.8. The Labute approximate surface area is 517 Å². The molecule has 1 aliphatic rings. The van der Waals surface area contributed by atoms with Gasteiger partial charge in [0.05, 0.1) is 0 Å². The minimum atomic E-state index is 0. The van der Waals surface area contributed by atoms with Gasteiger partial charge in [0.15, 0.2) is 0 Å². The number of hydrogen-bond donors (Lipinski definition) is 0. The van der Waals surface area contributed by atoms with E-state index in [0.29, 0.717) is 0 Å².